The maximum absolute atomic E-state index is 12.0. The number of hydrogen-bond acceptors (Lipinski definition) is 6. The number of carbonyl (C=O) groups excluding carboxylic acids is 1. The fourth-order valence-corrected chi connectivity index (χ4v) is 2.79. The lowest BCUT2D eigenvalue weighted by Crippen LogP contribution is -2.30. The maximum atomic E-state index is 12.0. The summed E-state index contributed by atoms with van der Waals surface area (Å²) in [5.41, 5.74) is 0.831. The summed E-state index contributed by atoms with van der Waals surface area (Å²) in [5, 5.41) is 12.1. The topological polar surface area (TPSA) is 97.8 Å². The second-order valence-electron chi connectivity index (χ2n) is 5.05. The molecule has 23 heavy (non-hydrogen) atoms. The van der Waals surface area contributed by atoms with Gasteiger partial charge in [-0.1, -0.05) is 6.92 Å². The summed E-state index contributed by atoms with van der Waals surface area (Å²) in [6, 6.07) is 5.46. The molecule has 1 aromatic heterocycles. The Morgan fingerprint density at radius 2 is 2.17 bits per heavy atom. The van der Waals surface area contributed by atoms with Crippen LogP contribution in [0.1, 0.15) is 16.6 Å². The smallest absolute Gasteiger partial charge is 0.308 e. The molecular weight excluding hydrogens is 320 g/mol. The highest BCUT2D eigenvalue weighted by Crippen LogP contribution is 2.36. The van der Waals surface area contributed by atoms with E-state index in [1.54, 1.807) is 6.07 Å². The van der Waals surface area contributed by atoms with Crippen LogP contribution in [0.15, 0.2) is 24.4 Å². The molecule has 3 rings (SSSR count). The standard InChI is InChI=1S/C15H14N2O5S/c1-8(15(19)20)5-16-13(18)12-6-17-14(23-12)9-2-3-10-11(4-9)22-7-21-10/h2-4,6,8H,5,7H2,1H3,(H,16,18)(H,19,20). The van der Waals surface area contributed by atoms with Gasteiger partial charge in [0.1, 0.15) is 9.88 Å². The lowest BCUT2D eigenvalue weighted by atomic mass is 10.2. The van der Waals surface area contributed by atoms with Gasteiger partial charge < -0.3 is 19.9 Å². The molecule has 0 bridgehead atoms. The number of nitrogens with one attached hydrogen (secondary N) is 1. The van der Waals surface area contributed by atoms with Crippen LogP contribution in [0.3, 0.4) is 0 Å². The summed E-state index contributed by atoms with van der Waals surface area (Å²) in [4.78, 5) is 27.4. The van der Waals surface area contributed by atoms with Crippen LogP contribution in [0.4, 0.5) is 0 Å². The Morgan fingerprint density at radius 1 is 1.39 bits per heavy atom. The Kier molecular flexibility index (Phi) is 4.16. The van der Waals surface area contributed by atoms with E-state index in [-0.39, 0.29) is 19.2 Å². The van der Waals surface area contributed by atoms with Crippen molar-refractivity contribution in [1.82, 2.24) is 10.3 Å². The number of fused-ring (bicyclic) bond motifs is 1. The number of thiazole rings is 1. The molecule has 0 aliphatic carbocycles. The highest BCUT2D eigenvalue weighted by atomic mass is 32.1. The summed E-state index contributed by atoms with van der Waals surface area (Å²) in [7, 11) is 0. The predicted molar refractivity (Wildman–Crippen MR) is 82.8 cm³/mol. The molecule has 1 aromatic carbocycles. The molecule has 7 nitrogen and oxygen atoms in total. The second-order valence-corrected chi connectivity index (χ2v) is 6.08. The van der Waals surface area contributed by atoms with Crippen LogP contribution in [-0.2, 0) is 4.79 Å². The molecule has 2 heterocycles. The van der Waals surface area contributed by atoms with Crippen LogP contribution in [0, 0.1) is 5.92 Å². The average Bonchev–Trinajstić information content (AvgIpc) is 3.19. The minimum Gasteiger partial charge on any atom is -0.481 e. The molecule has 2 N–H and O–H groups in total. The Morgan fingerprint density at radius 3 is 2.96 bits per heavy atom. The van der Waals surface area contributed by atoms with Crippen molar-refractivity contribution in [2.45, 2.75) is 6.92 Å². The summed E-state index contributed by atoms with van der Waals surface area (Å²) in [6.07, 6.45) is 1.48. The fraction of sp³-hybridized carbons (Fsp3) is 0.267. The first kappa shape index (κ1) is 15.3. The molecule has 8 heteroatoms. The predicted octanol–water partition coefficient (Wildman–Crippen LogP) is 1.99. The van der Waals surface area contributed by atoms with Crippen molar-refractivity contribution in [3.05, 3.63) is 29.3 Å². The van der Waals surface area contributed by atoms with Crippen molar-refractivity contribution in [3.8, 4) is 22.1 Å². The number of aliphatic carboxylic acids is 1. The van der Waals surface area contributed by atoms with Gasteiger partial charge in [0.05, 0.1) is 12.1 Å². The van der Waals surface area contributed by atoms with Crippen molar-refractivity contribution < 1.29 is 24.2 Å². The molecule has 0 fully saturated rings. The molecule has 1 aliphatic rings. The van der Waals surface area contributed by atoms with Gasteiger partial charge in [0.25, 0.3) is 5.91 Å². The Labute approximate surface area is 135 Å². The van der Waals surface area contributed by atoms with Crippen LogP contribution in [-0.4, -0.2) is 35.3 Å². The summed E-state index contributed by atoms with van der Waals surface area (Å²) < 4.78 is 10.6. The maximum Gasteiger partial charge on any atom is 0.308 e. The van der Waals surface area contributed by atoms with Crippen molar-refractivity contribution in [2.24, 2.45) is 5.92 Å². The van der Waals surface area contributed by atoms with E-state index in [0.29, 0.717) is 21.4 Å². The van der Waals surface area contributed by atoms with E-state index in [1.165, 1.54) is 24.5 Å². The zero-order valence-corrected chi connectivity index (χ0v) is 13.1. The first-order valence-electron chi connectivity index (χ1n) is 6.91. The molecule has 1 unspecified atom stereocenters. The zero-order valence-electron chi connectivity index (χ0n) is 12.2. The second kappa shape index (κ2) is 6.25. The van der Waals surface area contributed by atoms with E-state index >= 15 is 0 Å². The van der Waals surface area contributed by atoms with Crippen LogP contribution < -0.4 is 14.8 Å². The number of aromatic nitrogens is 1. The lowest BCUT2D eigenvalue weighted by molar-refractivity contribution is -0.140. The van der Waals surface area contributed by atoms with Crippen molar-refractivity contribution >= 4 is 23.2 Å². The molecular formula is C15H14N2O5S. The van der Waals surface area contributed by atoms with Gasteiger partial charge in [-0.2, -0.15) is 0 Å². The van der Waals surface area contributed by atoms with E-state index < -0.39 is 11.9 Å². The summed E-state index contributed by atoms with van der Waals surface area (Å²) in [5.74, 6) is -0.580. The minimum atomic E-state index is -0.948. The Hall–Kier alpha value is -2.61. The minimum absolute atomic E-state index is 0.0748. The van der Waals surface area contributed by atoms with Gasteiger partial charge in [0.2, 0.25) is 6.79 Å². The van der Waals surface area contributed by atoms with Gasteiger partial charge in [0, 0.05) is 12.1 Å². The van der Waals surface area contributed by atoms with Gasteiger partial charge in [-0.25, -0.2) is 4.98 Å². The van der Waals surface area contributed by atoms with Gasteiger partial charge in [-0.3, -0.25) is 9.59 Å². The van der Waals surface area contributed by atoms with E-state index in [1.807, 2.05) is 12.1 Å². The first-order valence-corrected chi connectivity index (χ1v) is 7.73. The van der Waals surface area contributed by atoms with E-state index in [4.69, 9.17) is 14.6 Å². The molecule has 1 atom stereocenters. The lowest BCUT2D eigenvalue weighted by Gasteiger charge is -2.06. The third kappa shape index (κ3) is 3.26. The summed E-state index contributed by atoms with van der Waals surface area (Å²) in [6.45, 7) is 1.81. The molecule has 0 radical (unpaired) electrons. The molecule has 2 aromatic rings. The number of amides is 1. The Bertz CT molecular complexity index is 758. The number of carboxylic acid groups (broad SMARTS) is 1. The van der Waals surface area contributed by atoms with Crippen LogP contribution in [0.5, 0.6) is 11.5 Å². The summed E-state index contributed by atoms with van der Waals surface area (Å²) >= 11 is 1.23. The molecule has 1 aliphatic heterocycles. The van der Waals surface area contributed by atoms with Gasteiger partial charge in [-0.15, -0.1) is 11.3 Å². The largest absolute Gasteiger partial charge is 0.481 e. The number of rotatable bonds is 5. The van der Waals surface area contributed by atoms with E-state index in [2.05, 4.69) is 10.3 Å². The zero-order chi connectivity index (χ0) is 16.4. The third-order valence-corrected chi connectivity index (χ3v) is 4.38. The molecule has 1 amide bonds. The van der Waals surface area contributed by atoms with Crippen molar-refractivity contribution in [1.29, 1.82) is 0 Å². The number of ether oxygens (including phenoxy) is 2. The van der Waals surface area contributed by atoms with Gasteiger partial charge >= 0.3 is 5.97 Å². The van der Waals surface area contributed by atoms with E-state index in [0.717, 1.165) is 5.56 Å². The number of nitrogens with zero attached hydrogens (tertiary/aromatic N) is 1. The SMILES string of the molecule is CC(CNC(=O)c1cnc(-c2ccc3c(c2)OCO3)s1)C(=O)O. The third-order valence-electron chi connectivity index (χ3n) is 3.34. The fourth-order valence-electron chi connectivity index (χ4n) is 1.96. The Balaban J connectivity index is 1.70. The van der Waals surface area contributed by atoms with Crippen LogP contribution in [0.2, 0.25) is 0 Å². The number of carbonyl (C=O) groups is 2. The highest BCUT2D eigenvalue weighted by molar-refractivity contribution is 7.16. The molecule has 0 saturated carbocycles. The van der Waals surface area contributed by atoms with Crippen molar-refractivity contribution in [3.63, 3.8) is 0 Å². The van der Waals surface area contributed by atoms with Crippen LogP contribution >= 0.6 is 11.3 Å². The highest BCUT2D eigenvalue weighted by Gasteiger charge is 2.18. The normalized spacial score (nSPS) is 13.6. The quantitative estimate of drug-likeness (QED) is 0.868. The van der Waals surface area contributed by atoms with Gasteiger partial charge in [0.15, 0.2) is 11.5 Å². The number of hydrogen-bond donors (Lipinski definition) is 2. The molecule has 0 saturated heterocycles. The number of benzene rings is 1. The average molecular weight is 334 g/mol. The monoisotopic (exact) mass is 334 g/mol. The molecule has 0 spiro atoms. The molecule has 120 valence electrons. The van der Waals surface area contributed by atoms with Crippen LogP contribution in [0.25, 0.3) is 10.6 Å². The number of carboxylic acids is 1. The van der Waals surface area contributed by atoms with Crippen molar-refractivity contribution in [2.75, 3.05) is 13.3 Å². The van der Waals surface area contributed by atoms with Gasteiger partial charge in [-0.05, 0) is 18.2 Å². The van der Waals surface area contributed by atoms with E-state index in [9.17, 15) is 9.59 Å². The first-order chi connectivity index (χ1) is 11.0.